The van der Waals surface area contributed by atoms with Gasteiger partial charge >= 0.3 is 0 Å². The van der Waals surface area contributed by atoms with Gasteiger partial charge in [-0.1, -0.05) is 24.3 Å². The summed E-state index contributed by atoms with van der Waals surface area (Å²) in [5.41, 5.74) is 1.75. The number of para-hydroxylation sites is 1. The van der Waals surface area contributed by atoms with E-state index < -0.39 is 9.84 Å². The van der Waals surface area contributed by atoms with Gasteiger partial charge in [0.2, 0.25) is 0 Å². The molecule has 0 saturated carbocycles. The normalized spacial score (nSPS) is 18.7. The average molecular weight is 387 g/mol. The highest BCUT2D eigenvalue weighted by atomic mass is 32.2. The van der Waals surface area contributed by atoms with Gasteiger partial charge in [0.1, 0.15) is 0 Å². The van der Waals surface area contributed by atoms with Gasteiger partial charge in [0.05, 0.1) is 28.1 Å². The van der Waals surface area contributed by atoms with Gasteiger partial charge in [0, 0.05) is 5.69 Å². The van der Waals surface area contributed by atoms with Crippen molar-refractivity contribution in [3.05, 3.63) is 59.6 Å². The fraction of sp³-hybridized carbons (Fsp3) is 0.222. The van der Waals surface area contributed by atoms with Crippen LogP contribution in [0.4, 0.5) is 5.69 Å². The molecule has 2 aromatic heterocycles. The van der Waals surface area contributed by atoms with E-state index in [1.807, 2.05) is 35.7 Å². The Balaban J connectivity index is 1.68. The van der Waals surface area contributed by atoms with Crippen molar-refractivity contribution in [3.63, 3.8) is 0 Å². The number of hydrogen-bond donors (Lipinski definition) is 1. The van der Waals surface area contributed by atoms with Crippen LogP contribution >= 0.6 is 11.3 Å². The van der Waals surface area contributed by atoms with Gasteiger partial charge in [-0.3, -0.25) is 9.48 Å². The Labute approximate surface area is 155 Å². The van der Waals surface area contributed by atoms with Crippen molar-refractivity contribution in [2.45, 2.75) is 12.5 Å². The lowest BCUT2D eigenvalue weighted by atomic mass is 10.2. The molecule has 0 unspecified atom stereocenters. The van der Waals surface area contributed by atoms with E-state index in [2.05, 4.69) is 10.4 Å². The Morgan fingerprint density at radius 1 is 1.19 bits per heavy atom. The van der Waals surface area contributed by atoms with Gasteiger partial charge in [-0.2, -0.15) is 5.10 Å². The molecule has 8 heteroatoms. The number of carbonyl (C=O) groups excluding carboxylic acids is 1. The van der Waals surface area contributed by atoms with Crippen LogP contribution in [0.15, 0.2) is 53.9 Å². The zero-order valence-electron chi connectivity index (χ0n) is 13.8. The molecule has 3 heterocycles. The van der Waals surface area contributed by atoms with E-state index in [9.17, 15) is 13.2 Å². The van der Waals surface area contributed by atoms with E-state index in [-0.39, 0.29) is 29.1 Å². The number of sulfone groups is 1. The molecule has 1 fully saturated rings. The van der Waals surface area contributed by atoms with Crippen LogP contribution in [0.2, 0.25) is 0 Å². The standard InChI is InChI=1S/C18H17N3O3S2/c22-18(19-13-5-2-1-3-6-13)15-11-16(17-7-4-9-25-17)21(20-15)14-8-10-26(23,24)12-14/h1-7,9,11,14H,8,10,12H2,(H,19,22)/t14-/m0/s1. The molecule has 26 heavy (non-hydrogen) atoms. The van der Waals surface area contributed by atoms with Crippen molar-refractivity contribution in [2.24, 2.45) is 0 Å². The summed E-state index contributed by atoms with van der Waals surface area (Å²) in [6.07, 6.45) is 0.516. The number of benzene rings is 1. The number of carbonyl (C=O) groups is 1. The molecule has 3 aromatic rings. The molecule has 1 saturated heterocycles. The van der Waals surface area contributed by atoms with E-state index in [0.29, 0.717) is 12.1 Å². The number of amides is 1. The van der Waals surface area contributed by atoms with Gasteiger partial charge in [-0.05, 0) is 36.1 Å². The first-order valence-electron chi connectivity index (χ1n) is 8.22. The maximum atomic E-state index is 12.6. The van der Waals surface area contributed by atoms with Crippen molar-refractivity contribution < 1.29 is 13.2 Å². The molecular formula is C18H17N3O3S2. The van der Waals surface area contributed by atoms with Crippen LogP contribution in [0.5, 0.6) is 0 Å². The Kier molecular flexibility index (Phi) is 4.37. The summed E-state index contributed by atoms with van der Waals surface area (Å²) in [6.45, 7) is 0. The number of nitrogens with zero attached hydrogens (tertiary/aromatic N) is 2. The fourth-order valence-corrected chi connectivity index (χ4v) is 5.50. The van der Waals surface area contributed by atoms with Crippen LogP contribution in [0.3, 0.4) is 0 Å². The van der Waals surface area contributed by atoms with E-state index in [0.717, 1.165) is 10.6 Å². The smallest absolute Gasteiger partial charge is 0.276 e. The lowest BCUT2D eigenvalue weighted by Crippen LogP contribution is -2.16. The summed E-state index contributed by atoms with van der Waals surface area (Å²) in [7, 11) is -3.05. The van der Waals surface area contributed by atoms with Gasteiger partial charge in [-0.25, -0.2) is 8.42 Å². The van der Waals surface area contributed by atoms with Gasteiger partial charge < -0.3 is 5.32 Å². The predicted octanol–water partition coefficient (Wildman–Crippen LogP) is 3.22. The Bertz CT molecular complexity index is 1030. The largest absolute Gasteiger partial charge is 0.321 e. The molecule has 0 radical (unpaired) electrons. The fourth-order valence-electron chi connectivity index (χ4n) is 3.08. The maximum absolute atomic E-state index is 12.6. The summed E-state index contributed by atoms with van der Waals surface area (Å²) in [4.78, 5) is 13.5. The number of aromatic nitrogens is 2. The number of anilines is 1. The zero-order chi connectivity index (χ0) is 18.1. The number of nitrogens with one attached hydrogen (secondary N) is 1. The number of hydrogen-bond acceptors (Lipinski definition) is 5. The lowest BCUT2D eigenvalue weighted by molar-refractivity contribution is 0.102. The average Bonchev–Trinajstić information content (AvgIpc) is 3.33. The maximum Gasteiger partial charge on any atom is 0.276 e. The Morgan fingerprint density at radius 3 is 2.65 bits per heavy atom. The second-order valence-corrected chi connectivity index (χ2v) is 9.39. The molecule has 0 spiro atoms. The minimum absolute atomic E-state index is 0.0623. The highest BCUT2D eigenvalue weighted by molar-refractivity contribution is 7.91. The molecule has 1 amide bonds. The van der Waals surface area contributed by atoms with Crippen molar-refractivity contribution >= 4 is 32.8 Å². The first kappa shape index (κ1) is 17.0. The molecule has 6 nitrogen and oxygen atoms in total. The molecule has 1 aromatic carbocycles. The topological polar surface area (TPSA) is 81.1 Å². The molecule has 1 aliphatic heterocycles. The van der Waals surface area contributed by atoms with Gasteiger partial charge in [0.15, 0.2) is 15.5 Å². The van der Waals surface area contributed by atoms with E-state index in [4.69, 9.17) is 0 Å². The first-order chi connectivity index (χ1) is 12.5. The van der Waals surface area contributed by atoms with Crippen molar-refractivity contribution in [3.8, 4) is 10.6 Å². The third-order valence-electron chi connectivity index (χ3n) is 4.33. The second kappa shape index (κ2) is 6.69. The highest BCUT2D eigenvalue weighted by Gasteiger charge is 2.32. The van der Waals surface area contributed by atoms with E-state index in [1.54, 1.807) is 22.9 Å². The van der Waals surface area contributed by atoms with Crippen LogP contribution in [0.25, 0.3) is 10.6 Å². The SMILES string of the molecule is O=C(Nc1ccccc1)c1cc(-c2cccs2)n([C@H]2CCS(=O)(=O)C2)n1. The molecule has 134 valence electrons. The first-order valence-corrected chi connectivity index (χ1v) is 10.9. The number of rotatable bonds is 4. The third kappa shape index (κ3) is 3.42. The van der Waals surface area contributed by atoms with E-state index in [1.165, 1.54) is 11.3 Å². The Morgan fingerprint density at radius 2 is 2.00 bits per heavy atom. The van der Waals surface area contributed by atoms with E-state index >= 15 is 0 Å². The molecule has 4 rings (SSSR count). The van der Waals surface area contributed by atoms with Crippen LogP contribution < -0.4 is 5.32 Å². The van der Waals surface area contributed by atoms with Crippen LogP contribution in [0, 0.1) is 0 Å². The highest BCUT2D eigenvalue weighted by Crippen LogP contribution is 2.32. The summed E-state index contributed by atoms with van der Waals surface area (Å²) < 4.78 is 25.5. The van der Waals surface area contributed by atoms with Gasteiger partial charge in [-0.15, -0.1) is 11.3 Å². The molecular weight excluding hydrogens is 370 g/mol. The molecule has 0 bridgehead atoms. The third-order valence-corrected chi connectivity index (χ3v) is 6.97. The number of thiophene rings is 1. The van der Waals surface area contributed by atoms with Crippen LogP contribution in [-0.2, 0) is 9.84 Å². The molecule has 1 aliphatic rings. The zero-order valence-corrected chi connectivity index (χ0v) is 15.5. The van der Waals surface area contributed by atoms with Crippen molar-refractivity contribution in [1.29, 1.82) is 0 Å². The quantitative estimate of drug-likeness (QED) is 0.745. The predicted molar refractivity (Wildman–Crippen MR) is 102 cm³/mol. The lowest BCUT2D eigenvalue weighted by Gasteiger charge is -2.12. The van der Waals surface area contributed by atoms with Crippen molar-refractivity contribution in [2.75, 3.05) is 16.8 Å². The van der Waals surface area contributed by atoms with Crippen molar-refractivity contribution in [1.82, 2.24) is 9.78 Å². The van der Waals surface area contributed by atoms with Crippen LogP contribution in [-0.4, -0.2) is 35.6 Å². The minimum atomic E-state index is -3.05. The summed E-state index contributed by atoms with van der Waals surface area (Å²) in [6, 6.07) is 14.5. The molecule has 1 atom stereocenters. The molecule has 1 N–H and O–H groups in total. The summed E-state index contributed by atoms with van der Waals surface area (Å²) in [5, 5.41) is 9.22. The van der Waals surface area contributed by atoms with Crippen LogP contribution in [0.1, 0.15) is 23.0 Å². The van der Waals surface area contributed by atoms with Gasteiger partial charge in [0.25, 0.3) is 5.91 Å². The monoisotopic (exact) mass is 387 g/mol. The summed E-state index contributed by atoms with van der Waals surface area (Å²) >= 11 is 1.54. The minimum Gasteiger partial charge on any atom is -0.321 e. The Hall–Kier alpha value is -2.45. The second-order valence-electron chi connectivity index (χ2n) is 6.21. The summed E-state index contributed by atoms with van der Waals surface area (Å²) in [5.74, 6) is -0.0895. The molecule has 0 aliphatic carbocycles.